The fourth-order valence-corrected chi connectivity index (χ4v) is 4.09. The van der Waals surface area contributed by atoms with Gasteiger partial charge in [0, 0.05) is 23.9 Å². The zero-order chi connectivity index (χ0) is 17.6. The van der Waals surface area contributed by atoms with Gasteiger partial charge >= 0.3 is 0 Å². The third-order valence-electron chi connectivity index (χ3n) is 4.22. The minimum absolute atomic E-state index is 0.0150. The van der Waals surface area contributed by atoms with Gasteiger partial charge in [0.15, 0.2) is 10.8 Å². The molecule has 1 aliphatic rings. The summed E-state index contributed by atoms with van der Waals surface area (Å²) in [7, 11) is 0. The zero-order valence-electron chi connectivity index (χ0n) is 14.5. The molecule has 1 atom stereocenters. The number of morpholine rings is 1. The molecule has 1 fully saturated rings. The van der Waals surface area contributed by atoms with E-state index in [9.17, 15) is 4.79 Å². The maximum absolute atomic E-state index is 12.8. The molecule has 0 aliphatic carbocycles. The third kappa shape index (κ3) is 3.19. The topological polar surface area (TPSA) is 55.6 Å². The van der Waals surface area contributed by atoms with Crippen LogP contribution in [0.25, 0.3) is 21.7 Å². The number of hydrogen-bond donors (Lipinski definition) is 0. The molecule has 0 spiro atoms. The number of fused-ring (bicyclic) bond motifs is 1. The van der Waals surface area contributed by atoms with E-state index in [1.807, 2.05) is 56.0 Å². The Labute approximate surface area is 150 Å². The average Bonchev–Trinajstić information content (AvgIpc) is 3.18. The van der Waals surface area contributed by atoms with Gasteiger partial charge in [0.25, 0.3) is 5.91 Å². The highest BCUT2D eigenvalue weighted by atomic mass is 32.1. The minimum Gasteiger partial charge on any atom is -0.454 e. The van der Waals surface area contributed by atoms with Crippen molar-refractivity contribution < 1.29 is 13.9 Å². The lowest BCUT2D eigenvalue weighted by molar-refractivity contribution is -0.118. The molecule has 1 aliphatic heterocycles. The van der Waals surface area contributed by atoms with Crippen LogP contribution in [0.15, 0.2) is 40.1 Å². The Morgan fingerprint density at radius 2 is 2.16 bits per heavy atom. The highest BCUT2D eigenvalue weighted by molar-refractivity contribution is 7.13. The monoisotopic (exact) mass is 356 g/mol. The number of nitrogens with zero attached hydrogens (tertiary/aromatic N) is 2. The second-order valence-electron chi connectivity index (χ2n) is 7.06. The van der Waals surface area contributed by atoms with Gasteiger partial charge in [-0.15, -0.1) is 11.3 Å². The number of aromatic nitrogens is 1. The van der Waals surface area contributed by atoms with Crippen LogP contribution in [0.4, 0.5) is 0 Å². The maximum atomic E-state index is 12.8. The number of thiazole rings is 1. The highest BCUT2D eigenvalue weighted by Gasteiger charge is 2.34. The Morgan fingerprint density at radius 3 is 2.92 bits per heavy atom. The summed E-state index contributed by atoms with van der Waals surface area (Å²) in [5, 5.41) is 3.56. The van der Waals surface area contributed by atoms with Gasteiger partial charge in [0.05, 0.1) is 11.7 Å². The van der Waals surface area contributed by atoms with Crippen molar-refractivity contribution in [3.05, 3.63) is 41.4 Å². The summed E-state index contributed by atoms with van der Waals surface area (Å²) < 4.78 is 11.7. The van der Waals surface area contributed by atoms with Crippen LogP contribution in [0.5, 0.6) is 0 Å². The van der Waals surface area contributed by atoms with Crippen molar-refractivity contribution in [2.24, 2.45) is 0 Å². The van der Waals surface area contributed by atoms with Gasteiger partial charge in [0.2, 0.25) is 0 Å². The standard InChI is InChI=1S/C19H20N2O3S/c1-12-9-21(11-19(2,3)24-12)18(22)14-10-25-17(20-14)16-8-13-6-4-5-7-15(13)23-16/h4-8,10,12H,9,11H2,1-3H3/t12-/m0/s1. The summed E-state index contributed by atoms with van der Waals surface area (Å²) in [6.45, 7) is 7.14. The number of amides is 1. The number of rotatable bonds is 2. The van der Waals surface area contributed by atoms with Crippen LogP contribution < -0.4 is 0 Å². The molecule has 2 aromatic heterocycles. The van der Waals surface area contributed by atoms with E-state index in [4.69, 9.17) is 9.15 Å². The van der Waals surface area contributed by atoms with E-state index in [0.717, 1.165) is 16.0 Å². The number of carbonyl (C=O) groups excluding carboxylic acids is 1. The molecule has 1 aromatic carbocycles. The van der Waals surface area contributed by atoms with Gasteiger partial charge in [0.1, 0.15) is 11.3 Å². The Kier molecular flexibility index (Phi) is 3.89. The molecule has 0 N–H and O–H groups in total. The molecule has 3 heterocycles. The molecular formula is C19H20N2O3S. The van der Waals surface area contributed by atoms with Gasteiger partial charge in [-0.2, -0.15) is 0 Å². The summed E-state index contributed by atoms with van der Waals surface area (Å²) in [6, 6.07) is 9.80. The van der Waals surface area contributed by atoms with Crippen LogP contribution in [0.3, 0.4) is 0 Å². The Morgan fingerprint density at radius 1 is 1.36 bits per heavy atom. The largest absolute Gasteiger partial charge is 0.454 e. The van der Waals surface area contributed by atoms with Crippen LogP contribution in [-0.2, 0) is 4.74 Å². The van der Waals surface area contributed by atoms with Gasteiger partial charge in [-0.3, -0.25) is 4.79 Å². The first-order valence-electron chi connectivity index (χ1n) is 8.33. The number of ether oxygens (including phenoxy) is 1. The molecule has 0 radical (unpaired) electrons. The fraction of sp³-hybridized carbons (Fsp3) is 0.368. The van der Waals surface area contributed by atoms with Crippen LogP contribution in [-0.4, -0.2) is 40.6 Å². The normalized spacial score (nSPS) is 20.1. The molecule has 0 saturated carbocycles. The van der Waals surface area contributed by atoms with E-state index in [2.05, 4.69) is 4.98 Å². The summed E-state index contributed by atoms with van der Waals surface area (Å²) in [4.78, 5) is 19.2. The van der Waals surface area contributed by atoms with E-state index < -0.39 is 0 Å². The van der Waals surface area contributed by atoms with E-state index in [-0.39, 0.29) is 17.6 Å². The molecule has 130 valence electrons. The van der Waals surface area contributed by atoms with Gasteiger partial charge in [-0.25, -0.2) is 4.98 Å². The molecule has 6 heteroatoms. The van der Waals surface area contributed by atoms with Crippen molar-refractivity contribution in [2.75, 3.05) is 13.1 Å². The SMILES string of the molecule is C[C@H]1CN(C(=O)c2csc(-c3cc4ccccc4o3)n2)CC(C)(C)O1. The minimum atomic E-state index is -0.342. The second kappa shape index (κ2) is 5.97. The lowest BCUT2D eigenvalue weighted by atomic mass is 10.1. The van der Waals surface area contributed by atoms with Gasteiger partial charge in [-0.05, 0) is 32.9 Å². The zero-order valence-corrected chi connectivity index (χ0v) is 15.3. The fourth-order valence-electron chi connectivity index (χ4n) is 3.34. The number of carbonyl (C=O) groups is 1. The predicted molar refractivity (Wildman–Crippen MR) is 97.9 cm³/mol. The van der Waals surface area contributed by atoms with Crippen molar-refractivity contribution in [3.8, 4) is 10.8 Å². The van der Waals surface area contributed by atoms with Gasteiger partial charge in [-0.1, -0.05) is 18.2 Å². The van der Waals surface area contributed by atoms with Crippen LogP contribution in [0.1, 0.15) is 31.3 Å². The smallest absolute Gasteiger partial charge is 0.273 e. The van der Waals surface area contributed by atoms with E-state index >= 15 is 0 Å². The van der Waals surface area contributed by atoms with Crippen molar-refractivity contribution in [2.45, 2.75) is 32.5 Å². The molecule has 0 unspecified atom stereocenters. The molecule has 4 rings (SSSR count). The number of para-hydroxylation sites is 1. The lowest BCUT2D eigenvalue weighted by Crippen LogP contribution is -2.53. The third-order valence-corrected chi connectivity index (χ3v) is 5.07. The van der Waals surface area contributed by atoms with Crippen molar-refractivity contribution in [3.63, 3.8) is 0 Å². The molecular weight excluding hydrogens is 336 g/mol. The number of benzene rings is 1. The summed E-state index contributed by atoms with van der Waals surface area (Å²) >= 11 is 1.43. The first-order valence-corrected chi connectivity index (χ1v) is 9.21. The number of hydrogen-bond acceptors (Lipinski definition) is 5. The van der Waals surface area contributed by atoms with Crippen molar-refractivity contribution in [1.82, 2.24) is 9.88 Å². The van der Waals surface area contributed by atoms with Crippen molar-refractivity contribution in [1.29, 1.82) is 0 Å². The molecule has 0 bridgehead atoms. The molecule has 1 amide bonds. The summed E-state index contributed by atoms with van der Waals surface area (Å²) in [5.41, 5.74) is 0.944. The van der Waals surface area contributed by atoms with Crippen molar-refractivity contribution >= 4 is 28.2 Å². The van der Waals surface area contributed by atoms with Crippen LogP contribution in [0, 0.1) is 0 Å². The van der Waals surface area contributed by atoms with Gasteiger partial charge < -0.3 is 14.1 Å². The molecule has 25 heavy (non-hydrogen) atoms. The Hall–Kier alpha value is -2.18. The maximum Gasteiger partial charge on any atom is 0.273 e. The summed E-state index contributed by atoms with van der Waals surface area (Å²) in [5.74, 6) is 0.641. The molecule has 3 aromatic rings. The average molecular weight is 356 g/mol. The van der Waals surface area contributed by atoms with Crippen LogP contribution in [0.2, 0.25) is 0 Å². The van der Waals surface area contributed by atoms with E-state index in [1.54, 1.807) is 5.38 Å². The first-order chi connectivity index (χ1) is 11.9. The highest BCUT2D eigenvalue weighted by Crippen LogP contribution is 2.30. The van der Waals surface area contributed by atoms with Crippen LogP contribution >= 0.6 is 11.3 Å². The number of furan rings is 1. The Balaban J connectivity index is 1.59. The van der Waals surface area contributed by atoms with E-state index in [1.165, 1.54) is 11.3 Å². The lowest BCUT2D eigenvalue weighted by Gasteiger charge is -2.41. The quantitative estimate of drug-likeness (QED) is 0.691. The van der Waals surface area contributed by atoms with E-state index in [0.29, 0.717) is 24.5 Å². The molecule has 5 nitrogen and oxygen atoms in total. The summed E-state index contributed by atoms with van der Waals surface area (Å²) in [6.07, 6.45) is 0.0150. The second-order valence-corrected chi connectivity index (χ2v) is 7.92. The molecule has 1 saturated heterocycles. The Bertz CT molecular complexity index is 895. The first kappa shape index (κ1) is 16.3. The predicted octanol–water partition coefficient (Wildman–Crippen LogP) is 4.20.